The van der Waals surface area contributed by atoms with Crippen LogP contribution in [-0.2, 0) is 17.8 Å². The number of nitrogens with zero attached hydrogens (tertiary/aromatic N) is 1. The van der Waals surface area contributed by atoms with Crippen LogP contribution in [0.25, 0.3) is 0 Å². The topological polar surface area (TPSA) is 29.5 Å². The maximum Gasteiger partial charge on any atom is 0.260 e. The summed E-state index contributed by atoms with van der Waals surface area (Å²) in [4.78, 5) is 14.3. The Morgan fingerprint density at radius 1 is 1.13 bits per heavy atom. The Balaban J connectivity index is 1.59. The normalized spacial score (nSPS) is 13.8. The van der Waals surface area contributed by atoms with Gasteiger partial charge >= 0.3 is 0 Å². The first-order chi connectivity index (χ1) is 11.1. The van der Waals surface area contributed by atoms with E-state index in [4.69, 9.17) is 4.74 Å². The Labute approximate surface area is 137 Å². The van der Waals surface area contributed by atoms with Crippen LogP contribution < -0.4 is 4.74 Å². The zero-order chi connectivity index (χ0) is 16.2. The lowest BCUT2D eigenvalue weighted by atomic mass is 10.00. The first-order valence-corrected chi connectivity index (χ1v) is 8.21. The molecule has 0 atom stereocenters. The lowest BCUT2D eigenvalue weighted by Gasteiger charge is -2.28. The van der Waals surface area contributed by atoms with E-state index in [0.29, 0.717) is 12.5 Å². The summed E-state index contributed by atoms with van der Waals surface area (Å²) >= 11 is 0. The third kappa shape index (κ3) is 3.73. The number of hydrogen-bond donors (Lipinski definition) is 0. The highest BCUT2D eigenvalue weighted by Crippen LogP contribution is 2.21. The number of carbonyl (C=O) groups is 1. The predicted molar refractivity (Wildman–Crippen MR) is 91.6 cm³/mol. The third-order valence-electron chi connectivity index (χ3n) is 4.37. The second-order valence-electron chi connectivity index (χ2n) is 6.35. The van der Waals surface area contributed by atoms with Gasteiger partial charge in [-0.25, -0.2) is 0 Å². The van der Waals surface area contributed by atoms with Crippen molar-refractivity contribution in [3.63, 3.8) is 0 Å². The number of carbonyl (C=O) groups excluding carboxylic acids is 1. The van der Waals surface area contributed by atoms with Crippen molar-refractivity contribution in [3.8, 4) is 5.75 Å². The molecule has 1 amide bonds. The fraction of sp³-hybridized carbons (Fsp3) is 0.350. The van der Waals surface area contributed by atoms with E-state index in [1.807, 2.05) is 29.2 Å². The molecule has 0 bridgehead atoms. The number of ether oxygens (including phenoxy) is 1. The van der Waals surface area contributed by atoms with Crippen LogP contribution in [0, 0.1) is 0 Å². The molecule has 0 aliphatic carbocycles. The Kier molecular flexibility index (Phi) is 4.65. The van der Waals surface area contributed by atoms with Crippen LogP contribution in [0.2, 0.25) is 0 Å². The summed E-state index contributed by atoms with van der Waals surface area (Å²) in [6, 6.07) is 16.3. The van der Waals surface area contributed by atoms with E-state index < -0.39 is 0 Å². The van der Waals surface area contributed by atoms with Crippen LogP contribution in [0.4, 0.5) is 0 Å². The van der Waals surface area contributed by atoms with Gasteiger partial charge in [0, 0.05) is 13.1 Å². The number of hydrogen-bond acceptors (Lipinski definition) is 2. The summed E-state index contributed by atoms with van der Waals surface area (Å²) in [5.74, 6) is 1.27. The van der Waals surface area contributed by atoms with Crippen molar-refractivity contribution in [2.75, 3.05) is 13.2 Å². The van der Waals surface area contributed by atoms with Crippen LogP contribution in [0.3, 0.4) is 0 Å². The number of rotatable bonds is 4. The highest BCUT2D eigenvalue weighted by atomic mass is 16.5. The van der Waals surface area contributed by atoms with Gasteiger partial charge in [0.25, 0.3) is 5.91 Å². The Morgan fingerprint density at radius 2 is 1.91 bits per heavy atom. The minimum absolute atomic E-state index is 0.0504. The average molecular weight is 309 g/mol. The average Bonchev–Trinajstić information content (AvgIpc) is 2.59. The summed E-state index contributed by atoms with van der Waals surface area (Å²) in [6.45, 7) is 5.85. The van der Waals surface area contributed by atoms with Crippen LogP contribution >= 0.6 is 0 Å². The molecule has 3 heteroatoms. The number of benzene rings is 2. The first kappa shape index (κ1) is 15.6. The smallest absolute Gasteiger partial charge is 0.260 e. The van der Waals surface area contributed by atoms with E-state index in [0.717, 1.165) is 18.7 Å². The van der Waals surface area contributed by atoms with Gasteiger partial charge in [-0.15, -0.1) is 0 Å². The highest BCUT2D eigenvalue weighted by Gasteiger charge is 2.20. The molecule has 3 rings (SSSR count). The van der Waals surface area contributed by atoms with E-state index in [9.17, 15) is 4.79 Å². The van der Waals surface area contributed by atoms with Crippen molar-refractivity contribution in [2.24, 2.45) is 0 Å². The maximum absolute atomic E-state index is 12.4. The standard InChI is InChI=1S/C20H23NO2/c1-15(2)17-8-5-9-19(12-17)23-14-20(22)21-11-10-16-6-3-4-7-18(16)13-21/h3-9,12,15H,10-11,13-14H2,1-2H3. The summed E-state index contributed by atoms with van der Waals surface area (Å²) in [5, 5.41) is 0. The molecule has 1 aliphatic rings. The quantitative estimate of drug-likeness (QED) is 0.860. The molecule has 1 aliphatic heterocycles. The summed E-state index contributed by atoms with van der Waals surface area (Å²) in [7, 11) is 0. The van der Waals surface area contributed by atoms with Gasteiger partial charge in [-0.2, -0.15) is 0 Å². The Bertz CT molecular complexity index is 694. The molecule has 1 heterocycles. The molecule has 23 heavy (non-hydrogen) atoms. The summed E-state index contributed by atoms with van der Waals surface area (Å²) in [6.07, 6.45) is 0.921. The fourth-order valence-electron chi connectivity index (χ4n) is 2.91. The van der Waals surface area contributed by atoms with E-state index >= 15 is 0 Å². The highest BCUT2D eigenvalue weighted by molar-refractivity contribution is 5.78. The second kappa shape index (κ2) is 6.86. The van der Waals surface area contributed by atoms with Gasteiger partial charge in [0.2, 0.25) is 0 Å². The van der Waals surface area contributed by atoms with Crippen LogP contribution in [-0.4, -0.2) is 24.0 Å². The maximum atomic E-state index is 12.4. The van der Waals surface area contributed by atoms with E-state index in [1.165, 1.54) is 16.7 Å². The molecule has 2 aromatic carbocycles. The summed E-state index contributed by atoms with van der Waals surface area (Å²) in [5.41, 5.74) is 3.82. The minimum Gasteiger partial charge on any atom is -0.484 e. The molecule has 2 aromatic rings. The van der Waals surface area contributed by atoms with Crippen LogP contribution in [0.5, 0.6) is 5.75 Å². The Hall–Kier alpha value is -2.29. The molecule has 3 nitrogen and oxygen atoms in total. The van der Waals surface area contributed by atoms with Crippen molar-refractivity contribution < 1.29 is 9.53 Å². The summed E-state index contributed by atoms with van der Waals surface area (Å²) < 4.78 is 5.71. The van der Waals surface area contributed by atoms with Crippen LogP contribution in [0.1, 0.15) is 36.5 Å². The number of amides is 1. The van der Waals surface area contributed by atoms with Gasteiger partial charge in [0.1, 0.15) is 5.75 Å². The fourth-order valence-corrected chi connectivity index (χ4v) is 2.91. The first-order valence-electron chi connectivity index (χ1n) is 8.21. The molecular weight excluding hydrogens is 286 g/mol. The largest absolute Gasteiger partial charge is 0.484 e. The molecular formula is C20H23NO2. The molecule has 0 unspecified atom stereocenters. The molecule has 0 aromatic heterocycles. The second-order valence-corrected chi connectivity index (χ2v) is 6.35. The molecule has 0 fully saturated rings. The zero-order valence-electron chi connectivity index (χ0n) is 13.8. The lowest BCUT2D eigenvalue weighted by Crippen LogP contribution is -2.38. The molecule has 120 valence electrons. The van der Waals surface area contributed by atoms with Crippen molar-refractivity contribution in [3.05, 3.63) is 65.2 Å². The van der Waals surface area contributed by atoms with Crippen molar-refractivity contribution in [1.29, 1.82) is 0 Å². The number of fused-ring (bicyclic) bond motifs is 1. The van der Waals surface area contributed by atoms with Gasteiger partial charge in [0.15, 0.2) is 6.61 Å². The molecule has 0 saturated carbocycles. The van der Waals surface area contributed by atoms with E-state index in [2.05, 4.69) is 38.1 Å². The van der Waals surface area contributed by atoms with E-state index in [1.54, 1.807) is 0 Å². The van der Waals surface area contributed by atoms with Crippen molar-refractivity contribution in [2.45, 2.75) is 32.7 Å². The van der Waals surface area contributed by atoms with Gasteiger partial charge in [-0.1, -0.05) is 50.2 Å². The van der Waals surface area contributed by atoms with Gasteiger partial charge in [-0.3, -0.25) is 4.79 Å². The predicted octanol–water partition coefficient (Wildman–Crippen LogP) is 3.77. The van der Waals surface area contributed by atoms with Crippen molar-refractivity contribution >= 4 is 5.91 Å². The third-order valence-corrected chi connectivity index (χ3v) is 4.37. The van der Waals surface area contributed by atoms with Gasteiger partial charge in [-0.05, 0) is 41.2 Å². The minimum atomic E-state index is 0.0504. The SMILES string of the molecule is CC(C)c1cccc(OCC(=O)N2CCc3ccccc3C2)c1. The molecule has 0 N–H and O–H groups in total. The van der Waals surface area contributed by atoms with Crippen molar-refractivity contribution in [1.82, 2.24) is 4.90 Å². The van der Waals surface area contributed by atoms with Gasteiger partial charge in [0.05, 0.1) is 0 Å². The monoisotopic (exact) mass is 309 g/mol. The van der Waals surface area contributed by atoms with E-state index in [-0.39, 0.29) is 12.5 Å². The lowest BCUT2D eigenvalue weighted by molar-refractivity contribution is -0.134. The van der Waals surface area contributed by atoms with Crippen LogP contribution in [0.15, 0.2) is 48.5 Å². The Morgan fingerprint density at radius 3 is 2.70 bits per heavy atom. The molecule has 0 spiro atoms. The molecule has 0 radical (unpaired) electrons. The van der Waals surface area contributed by atoms with Gasteiger partial charge < -0.3 is 9.64 Å². The zero-order valence-corrected chi connectivity index (χ0v) is 13.8. The molecule has 0 saturated heterocycles.